The van der Waals surface area contributed by atoms with E-state index in [0.29, 0.717) is 18.1 Å². The highest BCUT2D eigenvalue weighted by molar-refractivity contribution is 5.85. The molecule has 0 spiro atoms. The predicted molar refractivity (Wildman–Crippen MR) is 101 cm³/mol. The number of H-pyrrole nitrogens is 1. The highest BCUT2D eigenvalue weighted by atomic mass is 35.5. The second-order valence-electron chi connectivity index (χ2n) is 7.52. The van der Waals surface area contributed by atoms with Crippen molar-refractivity contribution in [2.24, 2.45) is 0 Å². The third-order valence-corrected chi connectivity index (χ3v) is 5.71. The van der Waals surface area contributed by atoms with Gasteiger partial charge in [-0.2, -0.15) is 18.3 Å². The molecule has 0 saturated carbocycles. The third kappa shape index (κ3) is 4.31. The normalized spacial score (nSPS) is 24.9. The molecule has 2 aromatic rings. The van der Waals surface area contributed by atoms with Gasteiger partial charge in [0.1, 0.15) is 0 Å². The number of halogens is 4. The summed E-state index contributed by atoms with van der Waals surface area (Å²) in [6, 6.07) is 7.03. The van der Waals surface area contributed by atoms with Crippen LogP contribution in [0.15, 0.2) is 30.5 Å². The SMILES string of the molecule is CN(Cc1cn[nH]c1-c1ccc(C(F)(F)F)cc1)C1CC2CCC(C1)N2.Cl. The lowest BCUT2D eigenvalue weighted by Gasteiger charge is -2.35. The van der Waals surface area contributed by atoms with E-state index in [9.17, 15) is 13.2 Å². The highest BCUT2D eigenvalue weighted by Crippen LogP contribution is 2.33. The number of nitrogens with one attached hydrogen (secondary N) is 2. The van der Waals surface area contributed by atoms with Crippen molar-refractivity contribution in [2.75, 3.05) is 7.05 Å². The van der Waals surface area contributed by atoms with Gasteiger partial charge in [0, 0.05) is 30.2 Å². The summed E-state index contributed by atoms with van der Waals surface area (Å²) in [5.74, 6) is 0. The third-order valence-electron chi connectivity index (χ3n) is 5.71. The van der Waals surface area contributed by atoms with E-state index in [1.807, 2.05) is 0 Å². The van der Waals surface area contributed by atoms with E-state index in [1.54, 1.807) is 6.20 Å². The molecule has 2 unspecified atom stereocenters. The van der Waals surface area contributed by atoms with Crippen LogP contribution in [0.3, 0.4) is 0 Å². The minimum atomic E-state index is -4.32. The fraction of sp³-hybridized carbons (Fsp3) is 0.526. The van der Waals surface area contributed by atoms with Gasteiger partial charge >= 0.3 is 6.18 Å². The number of aromatic amines is 1. The van der Waals surface area contributed by atoms with Gasteiger partial charge in [-0.05, 0) is 50.4 Å². The maximum atomic E-state index is 12.8. The van der Waals surface area contributed by atoms with Crippen LogP contribution in [0, 0.1) is 0 Å². The zero-order valence-electron chi connectivity index (χ0n) is 15.1. The van der Waals surface area contributed by atoms with Crippen LogP contribution >= 0.6 is 12.4 Å². The molecule has 2 N–H and O–H groups in total. The lowest BCUT2D eigenvalue weighted by atomic mass is 9.98. The summed E-state index contributed by atoms with van der Waals surface area (Å²) in [6.07, 6.45) is 2.29. The largest absolute Gasteiger partial charge is 0.416 e. The average Bonchev–Trinajstić information content (AvgIpc) is 3.20. The molecule has 0 radical (unpaired) electrons. The molecule has 0 aliphatic carbocycles. The first-order valence-electron chi connectivity index (χ1n) is 9.06. The molecule has 2 aliphatic rings. The first-order chi connectivity index (χ1) is 12.4. The topological polar surface area (TPSA) is 44.0 Å². The van der Waals surface area contributed by atoms with Crippen molar-refractivity contribution in [1.29, 1.82) is 0 Å². The lowest BCUT2D eigenvalue weighted by molar-refractivity contribution is -0.137. The molecule has 0 amide bonds. The molecule has 8 heteroatoms. The van der Waals surface area contributed by atoms with E-state index in [0.717, 1.165) is 48.3 Å². The van der Waals surface area contributed by atoms with Crippen molar-refractivity contribution in [1.82, 2.24) is 20.4 Å². The monoisotopic (exact) mass is 400 g/mol. The van der Waals surface area contributed by atoms with Crippen LogP contribution in [0.25, 0.3) is 11.3 Å². The van der Waals surface area contributed by atoms with Crippen LogP contribution < -0.4 is 5.32 Å². The van der Waals surface area contributed by atoms with E-state index >= 15 is 0 Å². The number of hydrogen-bond donors (Lipinski definition) is 2. The van der Waals surface area contributed by atoms with Crippen LogP contribution in [-0.2, 0) is 12.7 Å². The second kappa shape index (κ2) is 7.81. The fourth-order valence-electron chi connectivity index (χ4n) is 4.29. The summed E-state index contributed by atoms with van der Waals surface area (Å²) < 4.78 is 38.3. The summed E-state index contributed by atoms with van der Waals surface area (Å²) in [5, 5.41) is 10.7. The quantitative estimate of drug-likeness (QED) is 0.807. The predicted octanol–water partition coefficient (Wildman–Crippen LogP) is 4.23. The van der Waals surface area contributed by atoms with Crippen LogP contribution in [-0.4, -0.2) is 40.3 Å². The Labute approximate surface area is 162 Å². The molecule has 2 fully saturated rings. The van der Waals surface area contributed by atoms with Crippen molar-refractivity contribution in [3.63, 3.8) is 0 Å². The van der Waals surface area contributed by atoms with E-state index in [4.69, 9.17) is 0 Å². The molecule has 4 rings (SSSR count). The van der Waals surface area contributed by atoms with E-state index < -0.39 is 11.7 Å². The molecule has 2 bridgehead atoms. The Morgan fingerprint density at radius 1 is 1.11 bits per heavy atom. The zero-order chi connectivity index (χ0) is 18.3. The average molecular weight is 401 g/mol. The molecular weight excluding hydrogens is 377 g/mol. The van der Waals surface area contributed by atoms with Gasteiger partial charge < -0.3 is 5.32 Å². The molecule has 27 heavy (non-hydrogen) atoms. The molecule has 4 nitrogen and oxygen atoms in total. The Hall–Kier alpha value is -1.57. The van der Waals surface area contributed by atoms with Gasteiger partial charge in [0.2, 0.25) is 0 Å². The first-order valence-corrected chi connectivity index (χ1v) is 9.06. The Kier molecular flexibility index (Phi) is 5.84. The second-order valence-corrected chi connectivity index (χ2v) is 7.52. The van der Waals surface area contributed by atoms with E-state index in [-0.39, 0.29) is 12.4 Å². The highest BCUT2D eigenvalue weighted by Gasteiger charge is 2.35. The summed E-state index contributed by atoms with van der Waals surface area (Å²) in [7, 11) is 2.12. The van der Waals surface area contributed by atoms with Crippen molar-refractivity contribution >= 4 is 12.4 Å². The molecule has 3 heterocycles. The van der Waals surface area contributed by atoms with Crippen molar-refractivity contribution in [3.05, 3.63) is 41.6 Å². The number of hydrogen-bond acceptors (Lipinski definition) is 3. The minimum Gasteiger partial charge on any atom is -0.311 e. The number of fused-ring (bicyclic) bond motifs is 2. The number of piperidine rings is 1. The number of nitrogens with zero attached hydrogens (tertiary/aromatic N) is 2. The summed E-state index contributed by atoms with van der Waals surface area (Å²) in [5.41, 5.74) is 1.90. The molecule has 1 aromatic heterocycles. The molecule has 2 aliphatic heterocycles. The summed E-state index contributed by atoms with van der Waals surface area (Å²) >= 11 is 0. The van der Waals surface area contributed by atoms with Gasteiger partial charge in [-0.3, -0.25) is 10.00 Å². The van der Waals surface area contributed by atoms with Crippen molar-refractivity contribution in [2.45, 2.75) is 56.5 Å². The minimum absolute atomic E-state index is 0. The van der Waals surface area contributed by atoms with Gasteiger partial charge in [0.05, 0.1) is 17.5 Å². The Morgan fingerprint density at radius 2 is 1.74 bits per heavy atom. The van der Waals surface area contributed by atoms with Crippen LogP contribution in [0.2, 0.25) is 0 Å². The number of rotatable bonds is 4. The van der Waals surface area contributed by atoms with Crippen LogP contribution in [0.1, 0.15) is 36.8 Å². The summed E-state index contributed by atoms with van der Waals surface area (Å²) in [6.45, 7) is 0.733. The Balaban J connectivity index is 0.00000210. The maximum absolute atomic E-state index is 12.8. The van der Waals surface area contributed by atoms with Crippen LogP contribution in [0.5, 0.6) is 0 Å². The molecule has 1 aromatic carbocycles. The van der Waals surface area contributed by atoms with E-state index in [2.05, 4.69) is 27.5 Å². The van der Waals surface area contributed by atoms with Crippen molar-refractivity contribution in [3.8, 4) is 11.3 Å². The van der Waals surface area contributed by atoms with Crippen LogP contribution in [0.4, 0.5) is 13.2 Å². The maximum Gasteiger partial charge on any atom is 0.416 e. The molecule has 2 saturated heterocycles. The zero-order valence-corrected chi connectivity index (χ0v) is 15.9. The summed E-state index contributed by atoms with van der Waals surface area (Å²) in [4.78, 5) is 2.35. The number of alkyl halides is 3. The van der Waals surface area contributed by atoms with Gasteiger partial charge in [-0.1, -0.05) is 12.1 Å². The number of aromatic nitrogens is 2. The molecule has 2 atom stereocenters. The molecular formula is C19H24ClF3N4. The molecule has 148 valence electrons. The van der Waals surface area contributed by atoms with E-state index in [1.165, 1.54) is 25.0 Å². The number of benzene rings is 1. The lowest BCUT2D eigenvalue weighted by Crippen LogP contribution is -2.46. The Bertz CT molecular complexity index is 747. The standard InChI is InChI=1S/C19H23F3N4.ClH/c1-26(17-8-15-6-7-16(9-17)24-15)11-13-10-23-25-18(13)12-2-4-14(5-3-12)19(20,21)22;/h2-5,10,15-17,24H,6-9,11H2,1H3,(H,23,25);1H. The first kappa shape index (κ1) is 20.2. The fourth-order valence-corrected chi connectivity index (χ4v) is 4.29. The Morgan fingerprint density at radius 3 is 2.33 bits per heavy atom. The van der Waals surface area contributed by atoms with Gasteiger partial charge in [-0.25, -0.2) is 0 Å². The smallest absolute Gasteiger partial charge is 0.311 e. The van der Waals surface area contributed by atoms with Gasteiger partial charge in [0.15, 0.2) is 0 Å². The van der Waals surface area contributed by atoms with Crippen molar-refractivity contribution < 1.29 is 13.2 Å². The van der Waals surface area contributed by atoms with Gasteiger partial charge in [0.25, 0.3) is 0 Å². The van der Waals surface area contributed by atoms with Gasteiger partial charge in [-0.15, -0.1) is 12.4 Å².